The summed E-state index contributed by atoms with van der Waals surface area (Å²) in [6.45, 7) is 1.27. The molecule has 2 heterocycles. The van der Waals surface area contributed by atoms with E-state index in [4.69, 9.17) is 4.74 Å². The quantitative estimate of drug-likeness (QED) is 0.607. The molecule has 1 aromatic rings. The Kier molecular flexibility index (Phi) is 2.59. The summed E-state index contributed by atoms with van der Waals surface area (Å²) in [4.78, 5) is 15.1. The fraction of sp³-hybridized carbons (Fsp3) is 0.571. The Balaban J connectivity index is 1.78. The summed E-state index contributed by atoms with van der Waals surface area (Å²) in [5.41, 5.74) is 0. The van der Waals surface area contributed by atoms with Crippen LogP contribution in [0, 0.1) is 0 Å². The number of hydrogen-bond acceptors (Lipinski definition) is 4. The van der Waals surface area contributed by atoms with E-state index in [9.17, 15) is 4.79 Å². The molecule has 1 saturated heterocycles. The molecule has 1 aliphatic heterocycles. The van der Waals surface area contributed by atoms with Crippen molar-refractivity contribution < 1.29 is 9.53 Å². The fourth-order valence-electron chi connectivity index (χ4n) is 1.24. The zero-order valence-electron chi connectivity index (χ0n) is 7.49. The molecule has 2 rings (SSSR count). The summed E-state index contributed by atoms with van der Waals surface area (Å²) in [7, 11) is 0. The van der Waals surface area contributed by atoms with Crippen molar-refractivity contribution >= 4 is 12.0 Å². The summed E-state index contributed by atoms with van der Waals surface area (Å²) in [5.74, 6) is 0.335. The Labute approximate surface area is 80.2 Å². The summed E-state index contributed by atoms with van der Waals surface area (Å²) in [6, 6.07) is -0.199. The molecule has 0 aromatic carbocycles. The van der Waals surface area contributed by atoms with Crippen LogP contribution in [-0.4, -0.2) is 40.5 Å². The van der Waals surface area contributed by atoms with Gasteiger partial charge in [0.25, 0.3) is 0 Å². The van der Waals surface area contributed by atoms with E-state index < -0.39 is 0 Å². The van der Waals surface area contributed by atoms with Crippen molar-refractivity contribution in [2.75, 3.05) is 18.5 Å². The lowest BCUT2D eigenvalue weighted by molar-refractivity contribution is 0.189. The molecular formula is C7H11N5O2. The first-order valence-electron chi connectivity index (χ1n) is 4.35. The molecule has 1 atom stereocenters. The van der Waals surface area contributed by atoms with Gasteiger partial charge in [-0.2, -0.15) is 10.1 Å². The van der Waals surface area contributed by atoms with Crippen LogP contribution < -0.4 is 10.6 Å². The Morgan fingerprint density at radius 2 is 2.64 bits per heavy atom. The highest BCUT2D eigenvalue weighted by Crippen LogP contribution is 2.03. The number of carbonyl (C=O) groups is 1. The van der Waals surface area contributed by atoms with E-state index in [2.05, 4.69) is 25.8 Å². The number of amides is 2. The van der Waals surface area contributed by atoms with Gasteiger partial charge in [-0.3, -0.25) is 5.32 Å². The average Bonchev–Trinajstić information content (AvgIpc) is 2.76. The minimum absolute atomic E-state index is 0.0953. The molecule has 14 heavy (non-hydrogen) atoms. The molecule has 2 amide bonds. The third-order valence-corrected chi connectivity index (χ3v) is 1.91. The first-order valence-corrected chi connectivity index (χ1v) is 4.35. The Morgan fingerprint density at radius 3 is 3.29 bits per heavy atom. The van der Waals surface area contributed by atoms with Gasteiger partial charge in [-0.1, -0.05) is 0 Å². The summed E-state index contributed by atoms with van der Waals surface area (Å²) in [6.07, 6.45) is 2.18. The third kappa shape index (κ3) is 2.19. The predicted octanol–water partition coefficient (Wildman–Crippen LogP) is -0.285. The van der Waals surface area contributed by atoms with Crippen LogP contribution >= 0.6 is 0 Å². The number of rotatable bonds is 2. The van der Waals surface area contributed by atoms with Crippen LogP contribution in [-0.2, 0) is 4.74 Å². The first kappa shape index (κ1) is 8.95. The molecule has 1 unspecified atom stereocenters. The number of carbonyl (C=O) groups excluding carboxylic acids is 1. The third-order valence-electron chi connectivity index (χ3n) is 1.91. The second-order valence-corrected chi connectivity index (χ2v) is 2.99. The van der Waals surface area contributed by atoms with Gasteiger partial charge < -0.3 is 10.1 Å². The van der Waals surface area contributed by atoms with Crippen LogP contribution in [0.3, 0.4) is 0 Å². The second kappa shape index (κ2) is 4.05. The summed E-state index contributed by atoms with van der Waals surface area (Å²) < 4.78 is 5.11. The topological polar surface area (TPSA) is 91.9 Å². The second-order valence-electron chi connectivity index (χ2n) is 2.99. The van der Waals surface area contributed by atoms with Gasteiger partial charge in [0.05, 0.1) is 12.6 Å². The number of aromatic amines is 1. The normalized spacial score (nSPS) is 20.7. The highest BCUT2D eigenvalue weighted by Gasteiger charge is 2.17. The van der Waals surface area contributed by atoms with Crippen LogP contribution in [0.25, 0.3) is 0 Å². The smallest absolute Gasteiger partial charge is 0.321 e. The van der Waals surface area contributed by atoms with Gasteiger partial charge in [-0.15, -0.1) is 0 Å². The van der Waals surface area contributed by atoms with Crippen molar-refractivity contribution in [2.24, 2.45) is 0 Å². The van der Waals surface area contributed by atoms with Crippen LogP contribution in [0.5, 0.6) is 0 Å². The van der Waals surface area contributed by atoms with Crippen molar-refractivity contribution in [3.63, 3.8) is 0 Å². The number of anilines is 1. The van der Waals surface area contributed by atoms with E-state index in [1.54, 1.807) is 0 Å². The fourth-order valence-corrected chi connectivity index (χ4v) is 1.24. The van der Waals surface area contributed by atoms with Gasteiger partial charge in [0, 0.05) is 6.61 Å². The van der Waals surface area contributed by atoms with Crippen LogP contribution in [0.4, 0.5) is 10.7 Å². The maximum absolute atomic E-state index is 11.3. The lowest BCUT2D eigenvalue weighted by Crippen LogP contribution is -2.38. The zero-order valence-corrected chi connectivity index (χ0v) is 7.49. The largest absolute Gasteiger partial charge is 0.379 e. The molecule has 7 heteroatoms. The molecule has 0 aliphatic carbocycles. The van der Waals surface area contributed by atoms with E-state index in [1.165, 1.54) is 6.33 Å². The molecule has 1 aromatic heterocycles. The number of nitrogens with zero attached hydrogens (tertiary/aromatic N) is 2. The van der Waals surface area contributed by atoms with Crippen molar-refractivity contribution in [2.45, 2.75) is 12.5 Å². The van der Waals surface area contributed by atoms with Crippen molar-refractivity contribution in [3.05, 3.63) is 6.33 Å². The van der Waals surface area contributed by atoms with Gasteiger partial charge in [0.2, 0.25) is 5.95 Å². The molecule has 3 N–H and O–H groups in total. The highest BCUT2D eigenvalue weighted by molar-refractivity contribution is 5.87. The van der Waals surface area contributed by atoms with Crippen molar-refractivity contribution in [1.29, 1.82) is 0 Å². The highest BCUT2D eigenvalue weighted by atomic mass is 16.5. The molecule has 0 spiro atoms. The maximum atomic E-state index is 11.3. The number of hydrogen-bond donors (Lipinski definition) is 3. The molecule has 7 nitrogen and oxygen atoms in total. The molecule has 0 bridgehead atoms. The Hall–Kier alpha value is -1.63. The lowest BCUT2D eigenvalue weighted by atomic mass is 10.3. The predicted molar refractivity (Wildman–Crippen MR) is 47.8 cm³/mol. The molecule has 1 aliphatic rings. The van der Waals surface area contributed by atoms with E-state index in [0.29, 0.717) is 19.2 Å². The van der Waals surface area contributed by atoms with E-state index in [-0.39, 0.29) is 12.1 Å². The van der Waals surface area contributed by atoms with Gasteiger partial charge in [0.1, 0.15) is 6.33 Å². The van der Waals surface area contributed by atoms with Gasteiger partial charge >= 0.3 is 6.03 Å². The SMILES string of the molecule is O=C(Nc1ncn[nH]1)NC1CCOC1. The lowest BCUT2D eigenvalue weighted by Gasteiger charge is -2.09. The zero-order chi connectivity index (χ0) is 9.80. The molecule has 0 saturated carbocycles. The maximum Gasteiger partial charge on any atom is 0.321 e. The number of nitrogens with one attached hydrogen (secondary N) is 3. The van der Waals surface area contributed by atoms with Crippen LogP contribution in [0.2, 0.25) is 0 Å². The minimum Gasteiger partial charge on any atom is -0.379 e. The van der Waals surface area contributed by atoms with Crippen molar-refractivity contribution in [3.8, 4) is 0 Å². The number of H-pyrrole nitrogens is 1. The van der Waals surface area contributed by atoms with Gasteiger partial charge in [-0.25, -0.2) is 9.89 Å². The first-order chi connectivity index (χ1) is 6.84. The Morgan fingerprint density at radius 1 is 1.71 bits per heavy atom. The molecule has 0 radical (unpaired) electrons. The molecule has 1 fully saturated rings. The van der Waals surface area contributed by atoms with Gasteiger partial charge in [0.15, 0.2) is 0 Å². The standard InChI is InChI=1S/C7H11N5O2/c13-7(10-5-1-2-14-3-5)11-6-8-4-9-12-6/h4-5H,1-3H2,(H3,8,9,10,11,12,13). The molecule has 76 valence electrons. The monoisotopic (exact) mass is 197 g/mol. The van der Waals surface area contributed by atoms with E-state index in [1.807, 2.05) is 0 Å². The summed E-state index contributed by atoms with van der Waals surface area (Å²) >= 11 is 0. The van der Waals surface area contributed by atoms with Crippen LogP contribution in [0.1, 0.15) is 6.42 Å². The van der Waals surface area contributed by atoms with Crippen molar-refractivity contribution in [1.82, 2.24) is 20.5 Å². The van der Waals surface area contributed by atoms with Crippen LogP contribution in [0.15, 0.2) is 6.33 Å². The molecular weight excluding hydrogens is 186 g/mol. The van der Waals surface area contributed by atoms with Gasteiger partial charge in [-0.05, 0) is 6.42 Å². The number of urea groups is 1. The number of ether oxygens (including phenoxy) is 1. The number of aromatic nitrogens is 3. The van der Waals surface area contributed by atoms with E-state index >= 15 is 0 Å². The van der Waals surface area contributed by atoms with E-state index in [0.717, 1.165) is 6.42 Å². The Bertz CT molecular complexity index is 293. The summed E-state index contributed by atoms with van der Waals surface area (Å²) in [5, 5.41) is 11.4. The minimum atomic E-state index is -0.294. The average molecular weight is 197 g/mol.